The molecule has 1 heterocycles. The smallest absolute Gasteiger partial charge is 0.293 e. The fraction of sp³-hybridized carbons (Fsp3) is 0.214. The van der Waals surface area contributed by atoms with Crippen LogP contribution in [0, 0.1) is 0 Å². The van der Waals surface area contributed by atoms with Crippen LogP contribution in [0.4, 0.5) is 0 Å². The molecule has 0 aliphatic rings. The lowest BCUT2D eigenvalue weighted by Gasteiger charge is -2.04. The Morgan fingerprint density at radius 1 is 1.16 bits per heavy atom. The molecule has 5 nitrogen and oxygen atoms in total. The Labute approximate surface area is 109 Å². The van der Waals surface area contributed by atoms with Gasteiger partial charge in [0.1, 0.15) is 0 Å². The van der Waals surface area contributed by atoms with Gasteiger partial charge in [0.05, 0.1) is 6.54 Å². The van der Waals surface area contributed by atoms with Gasteiger partial charge < -0.3 is 0 Å². The standard InChI is InChI=1S/C14H14N2O3/c1-2-10-3-5-11(6-4-10)12(17)9-16-8-7-13(18)15-14(16)19/h3-8H,2,9H2,1H3,(H,15,18,19). The minimum absolute atomic E-state index is 0.0823. The van der Waals surface area contributed by atoms with Gasteiger partial charge in [-0.15, -0.1) is 0 Å². The van der Waals surface area contributed by atoms with E-state index in [1.54, 1.807) is 12.1 Å². The Hall–Kier alpha value is -2.43. The van der Waals surface area contributed by atoms with E-state index >= 15 is 0 Å². The summed E-state index contributed by atoms with van der Waals surface area (Å²) < 4.78 is 1.18. The van der Waals surface area contributed by atoms with Crippen LogP contribution in [0.25, 0.3) is 0 Å². The zero-order valence-corrected chi connectivity index (χ0v) is 10.6. The Bertz CT molecular complexity index is 696. The van der Waals surface area contributed by atoms with E-state index in [-0.39, 0.29) is 12.3 Å². The van der Waals surface area contributed by atoms with Crippen LogP contribution in [-0.2, 0) is 13.0 Å². The van der Waals surface area contributed by atoms with Crippen LogP contribution in [0.1, 0.15) is 22.8 Å². The minimum atomic E-state index is -0.578. The van der Waals surface area contributed by atoms with Crippen LogP contribution in [0.15, 0.2) is 46.1 Å². The van der Waals surface area contributed by atoms with E-state index in [0.717, 1.165) is 12.0 Å². The lowest BCUT2D eigenvalue weighted by atomic mass is 10.1. The Morgan fingerprint density at radius 2 is 1.84 bits per heavy atom. The molecule has 0 amide bonds. The highest BCUT2D eigenvalue weighted by Crippen LogP contribution is 2.06. The van der Waals surface area contributed by atoms with Crippen molar-refractivity contribution < 1.29 is 4.79 Å². The van der Waals surface area contributed by atoms with Crippen molar-refractivity contribution in [3.8, 4) is 0 Å². The van der Waals surface area contributed by atoms with E-state index in [4.69, 9.17) is 0 Å². The molecule has 0 spiro atoms. The molecule has 2 aromatic rings. The molecule has 0 saturated heterocycles. The molecule has 0 bridgehead atoms. The summed E-state index contributed by atoms with van der Waals surface area (Å²) in [5, 5.41) is 0. The maximum atomic E-state index is 12.0. The number of Topliss-reactive ketones (excluding diaryl/α,β-unsaturated/α-hetero) is 1. The molecule has 1 aromatic carbocycles. The topological polar surface area (TPSA) is 71.9 Å². The summed E-state index contributed by atoms with van der Waals surface area (Å²) in [6, 6.07) is 8.50. The van der Waals surface area contributed by atoms with Gasteiger partial charge in [-0.3, -0.25) is 19.1 Å². The highest BCUT2D eigenvalue weighted by Gasteiger charge is 2.07. The number of carbonyl (C=O) groups excluding carboxylic acids is 1. The van der Waals surface area contributed by atoms with Crippen molar-refractivity contribution in [2.24, 2.45) is 0 Å². The first-order valence-electron chi connectivity index (χ1n) is 6.02. The predicted octanol–water partition coefficient (Wildman–Crippen LogP) is 0.982. The zero-order valence-electron chi connectivity index (χ0n) is 10.6. The molecule has 0 aliphatic heterocycles. The van der Waals surface area contributed by atoms with Crippen molar-refractivity contribution >= 4 is 5.78 Å². The SMILES string of the molecule is CCc1ccc(C(=O)Cn2ccc(=O)[nH]c2=O)cc1. The number of ketones is 1. The molecule has 0 unspecified atom stereocenters. The molecule has 0 radical (unpaired) electrons. The van der Waals surface area contributed by atoms with Crippen molar-refractivity contribution in [3.05, 3.63) is 68.5 Å². The number of carbonyl (C=O) groups is 1. The van der Waals surface area contributed by atoms with Crippen molar-refractivity contribution in [2.75, 3.05) is 0 Å². The van der Waals surface area contributed by atoms with Crippen LogP contribution < -0.4 is 11.2 Å². The van der Waals surface area contributed by atoms with Gasteiger partial charge in [-0.25, -0.2) is 4.79 Å². The fourth-order valence-corrected chi connectivity index (χ4v) is 1.74. The molecule has 1 N–H and O–H groups in total. The van der Waals surface area contributed by atoms with Gasteiger partial charge in [0.2, 0.25) is 0 Å². The third kappa shape index (κ3) is 3.07. The quantitative estimate of drug-likeness (QED) is 0.831. The number of H-pyrrole nitrogens is 1. The highest BCUT2D eigenvalue weighted by atomic mass is 16.2. The van der Waals surface area contributed by atoms with Gasteiger partial charge in [0.25, 0.3) is 5.56 Å². The monoisotopic (exact) mass is 258 g/mol. The van der Waals surface area contributed by atoms with Gasteiger partial charge in [-0.2, -0.15) is 0 Å². The second kappa shape index (κ2) is 5.48. The molecule has 0 atom stereocenters. The van der Waals surface area contributed by atoms with E-state index in [1.165, 1.54) is 16.8 Å². The zero-order chi connectivity index (χ0) is 13.8. The largest absolute Gasteiger partial charge is 0.328 e. The number of benzene rings is 1. The van der Waals surface area contributed by atoms with Crippen LogP contribution in [0.3, 0.4) is 0 Å². The first-order chi connectivity index (χ1) is 9.10. The molecule has 0 fully saturated rings. The Balaban J connectivity index is 2.20. The molecule has 5 heteroatoms. The molecule has 19 heavy (non-hydrogen) atoms. The van der Waals surface area contributed by atoms with Crippen LogP contribution in [0.5, 0.6) is 0 Å². The second-order valence-electron chi connectivity index (χ2n) is 4.21. The third-order valence-electron chi connectivity index (χ3n) is 2.89. The Morgan fingerprint density at radius 3 is 2.42 bits per heavy atom. The van der Waals surface area contributed by atoms with Gasteiger partial charge >= 0.3 is 5.69 Å². The van der Waals surface area contributed by atoms with Crippen LogP contribution >= 0.6 is 0 Å². The molecule has 0 aliphatic carbocycles. The average molecular weight is 258 g/mol. The summed E-state index contributed by atoms with van der Waals surface area (Å²) >= 11 is 0. The summed E-state index contributed by atoms with van der Waals surface area (Å²) in [6.45, 7) is 1.96. The number of nitrogens with one attached hydrogen (secondary N) is 1. The Kier molecular flexibility index (Phi) is 3.75. The molecule has 0 saturated carbocycles. The lowest BCUT2D eigenvalue weighted by Crippen LogP contribution is -2.30. The highest BCUT2D eigenvalue weighted by molar-refractivity contribution is 5.95. The number of rotatable bonds is 4. The van der Waals surface area contributed by atoms with E-state index < -0.39 is 11.2 Å². The van der Waals surface area contributed by atoms with Crippen molar-refractivity contribution in [1.29, 1.82) is 0 Å². The lowest BCUT2D eigenvalue weighted by molar-refractivity contribution is 0.0970. The van der Waals surface area contributed by atoms with Crippen molar-refractivity contribution in [2.45, 2.75) is 19.9 Å². The maximum absolute atomic E-state index is 12.0. The second-order valence-corrected chi connectivity index (χ2v) is 4.21. The summed E-state index contributed by atoms with van der Waals surface area (Å²) in [5.74, 6) is -0.170. The predicted molar refractivity (Wildman–Crippen MR) is 71.5 cm³/mol. The number of nitrogens with zero attached hydrogens (tertiary/aromatic N) is 1. The molecule has 98 valence electrons. The molecule has 2 rings (SSSR count). The number of aryl methyl sites for hydroxylation is 1. The van der Waals surface area contributed by atoms with E-state index in [9.17, 15) is 14.4 Å². The number of hydrogen-bond acceptors (Lipinski definition) is 3. The number of aromatic amines is 1. The molecular formula is C14H14N2O3. The van der Waals surface area contributed by atoms with E-state index in [2.05, 4.69) is 4.98 Å². The first-order valence-corrected chi connectivity index (χ1v) is 6.02. The fourth-order valence-electron chi connectivity index (χ4n) is 1.74. The van der Waals surface area contributed by atoms with Crippen LogP contribution in [0.2, 0.25) is 0 Å². The van der Waals surface area contributed by atoms with Crippen LogP contribution in [-0.4, -0.2) is 15.3 Å². The first kappa shape index (κ1) is 13.0. The van der Waals surface area contributed by atoms with Crippen molar-refractivity contribution in [1.82, 2.24) is 9.55 Å². The average Bonchev–Trinajstić information content (AvgIpc) is 2.42. The van der Waals surface area contributed by atoms with Crippen molar-refractivity contribution in [3.63, 3.8) is 0 Å². The van der Waals surface area contributed by atoms with Gasteiger partial charge in [0, 0.05) is 17.8 Å². The molecular weight excluding hydrogens is 244 g/mol. The number of hydrogen-bond donors (Lipinski definition) is 1. The van der Waals surface area contributed by atoms with Gasteiger partial charge in [-0.05, 0) is 12.0 Å². The summed E-state index contributed by atoms with van der Waals surface area (Å²) in [4.78, 5) is 36.5. The molecule has 1 aromatic heterocycles. The minimum Gasteiger partial charge on any atom is -0.293 e. The van der Waals surface area contributed by atoms with E-state index in [0.29, 0.717) is 5.56 Å². The summed E-state index contributed by atoms with van der Waals surface area (Å²) in [6.07, 6.45) is 2.23. The maximum Gasteiger partial charge on any atom is 0.328 e. The summed E-state index contributed by atoms with van der Waals surface area (Å²) in [5.41, 5.74) is 0.653. The van der Waals surface area contributed by atoms with Gasteiger partial charge in [0.15, 0.2) is 5.78 Å². The third-order valence-corrected chi connectivity index (χ3v) is 2.89. The van der Waals surface area contributed by atoms with E-state index in [1.807, 2.05) is 19.1 Å². The normalized spacial score (nSPS) is 10.4. The summed E-state index contributed by atoms with van der Waals surface area (Å²) in [7, 11) is 0. The van der Waals surface area contributed by atoms with Gasteiger partial charge in [-0.1, -0.05) is 31.2 Å². The number of aromatic nitrogens is 2.